The van der Waals surface area contributed by atoms with Crippen molar-refractivity contribution in [3.63, 3.8) is 0 Å². The predicted molar refractivity (Wildman–Crippen MR) is 97.0 cm³/mol. The topological polar surface area (TPSA) is 90.6 Å². The number of amides is 1. The highest BCUT2D eigenvalue weighted by atomic mass is 16.2. The zero-order valence-corrected chi connectivity index (χ0v) is 14.7. The molecule has 1 aromatic carbocycles. The molecule has 0 atom stereocenters. The van der Waals surface area contributed by atoms with E-state index in [1.807, 2.05) is 38.1 Å². The van der Waals surface area contributed by atoms with Crippen LogP contribution in [0.1, 0.15) is 51.8 Å². The van der Waals surface area contributed by atoms with E-state index in [1.54, 1.807) is 0 Å². The Kier molecular flexibility index (Phi) is 4.70. The van der Waals surface area contributed by atoms with Gasteiger partial charge in [0.05, 0.1) is 11.0 Å². The first-order chi connectivity index (χ1) is 12.0. The maximum Gasteiger partial charge on any atom is 0.268 e. The number of H-pyrrole nitrogens is 2. The molecule has 0 saturated carbocycles. The van der Waals surface area contributed by atoms with E-state index >= 15 is 0 Å². The molecule has 0 aliphatic rings. The van der Waals surface area contributed by atoms with Crippen LogP contribution in [0.3, 0.4) is 0 Å². The lowest BCUT2D eigenvalue weighted by Crippen LogP contribution is -2.27. The van der Waals surface area contributed by atoms with Crippen LogP contribution in [-0.2, 0) is 12.8 Å². The molecule has 0 spiro atoms. The van der Waals surface area contributed by atoms with Gasteiger partial charge in [-0.3, -0.25) is 9.59 Å². The van der Waals surface area contributed by atoms with E-state index in [4.69, 9.17) is 0 Å². The first-order valence-electron chi connectivity index (χ1n) is 8.45. The van der Waals surface area contributed by atoms with Crippen molar-refractivity contribution in [2.24, 2.45) is 0 Å². The molecule has 130 valence electrons. The van der Waals surface area contributed by atoms with Gasteiger partial charge in [-0.25, -0.2) is 4.98 Å². The summed E-state index contributed by atoms with van der Waals surface area (Å²) in [6, 6.07) is 7.83. The zero-order valence-electron chi connectivity index (χ0n) is 14.7. The van der Waals surface area contributed by atoms with Gasteiger partial charge in [0.15, 0.2) is 5.78 Å². The second-order valence-corrected chi connectivity index (χ2v) is 6.09. The third kappa shape index (κ3) is 3.33. The number of aryl methyl sites for hydroxylation is 1. The number of rotatable bonds is 6. The summed E-state index contributed by atoms with van der Waals surface area (Å²) >= 11 is 0. The zero-order chi connectivity index (χ0) is 18.0. The molecule has 0 aliphatic carbocycles. The van der Waals surface area contributed by atoms with Gasteiger partial charge >= 0.3 is 0 Å². The van der Waals surface area contributed by atoms with Crippen LogP contribution in [0.2, 0.25) is 0 Å². The average Bonchev–Trinajstić information content (AvgIpc) is 3.14. The fourth-order valence-corrected chi connectivity index (χ4v) is 3.21. The van der Waals surface area contributed by atoms with Crippen molar-refractivity contribution in [2.75, 3.05) is 6.54 Å². The molecule has 25 heavy (non-hydrogen) atoms. The Morgan fingerprint density at radius 2 is 1.96 bits per heavy atom. The average molecular weight is 338 g/mol. The minimum atomic E-state index is -0.191. The Bertz CT molecular complexity index is 903. The molecule has 0 fully saturated rings. The maximum atomic E-state index is 12.5. The van der Waals surface area contributed by atoms with Gasteiger partial charge in [-0.15, -0.1) is 0 Å². The third-order valence-electron chi connectivity index (χ3n) is 4.31. The van der Waals surface area contributed by atoms with Crippen LogP contribution < -0.4 is 5.32 Å². The van der Waals surface area contributed by atoms with Crippen molar-refractivity contribution in [3.05, 3.63) is 52.6 Å². The van der Waals surface area contributed by atoms with E-state index in [1.165, 1.54) is 6.92 Å². The summed E-state index contributed by atoms with van der Waals surface area (Å²) < 4.78 is 0. The minimum Gasteiger partial charge on any atom is -0.354 e. The number of imidazole rings is 1. The highest BCUT2D eigenvalue weighted by Gasteiger charge is 2.21. The lowest BCUT2D eigenvalue weighted by atomic mass is 10.0. The van der Waals surface area contributed by atoms with Crippen molar-refractivity contribution in [1.29, 1.82) is 0 Å². The predicted octanol–water partition coefficient (Wildman–Crippen LogP) is 2.94. The molecule has 0 aliphatic heterocycles. The van der Waals surface area contributed by atoms with Crippen molar-refractivity contribution in [2.45, 2.75) is 33.6 Å². The molecule has 3 aromatic rings. The van der Waals surface area contributed by atoms with Gasteiger partial charge in [-0.1, -0.05) is 19.1 Å². The number of aromatic amines is 2. The number of fused-ring (bicyclic) bond motifs is 1. The Hall–Kier alpha value is -2.89. The molecule has 0 saturated heterocycles. The molecule has 3 rings (SSSR count). The maximum absolute atomic E-state index is 12.5. The van der Waals surface area contributed by atoms with Crippen LogP contribution in [-0.4, -0.2) is 33.2 Å². The Morgan fingerprint density at radius 1 is 1.20 bits per heavy atom. The fourth-order valence-electron chi connectivity index (χ4n) is 3.21. The number of hydrogen-bond acceptors (Lipinski definition) is 3. The summed E-state index contributed by atoms with van der Waals surface area (Å²) in [6.45, 7) is 5.76. The van der Waals surface area contributed by atoms with Crippen LogP contribution in [0.25, 0.3) is 11.0 Å². The summed E-state index contributed by atoms with van der Waals surface area (Å²) in [7, 11) is 0. The van der Waals surface area contributed by atoms with Crippen molar-refractivity contribution in [3.8, 4) is 0 Å². The molecule has 3 N–H and O–H groups in total. The van der Waals surface area contributed by atoms with E-state index in [9.17, 15) is 9.59 Å². The Balaban J connectivity index is 1.68. The van der Waals surface area contributed by atoms with E-state index < -0.39 is 0 Å². The van der Waals surface area contributed by atoms with Gasteiger partial charge in [0, 0.05) is 24.2 Å². The molecule has 2 heterocycles. The van der Waals surface area contributed by atoms with Crippen LogP contribution in [0.15, 0.2) is 24.3 Å². The highest BCUT2D eigenvalue weighted by Crippen LogP contribution is 2.20. The number of Topliss-reactive ketones (excluding diaryl/α,β-unsaturated/α-hetero) is 1. The molecule has 1 amide bonds. The van der Waals surface area contributed by atoms with Gasteiger partial charge in [-0.2, -0.15) is 0 Å². The molecular formula is C19H22N4O2. The van der Waals surface area contributed by atoms with Crippen molar-refractivity contribution in [1.82, 2.24) is 20.3 Å². The number of aromatic nitrogens is 3. The standard InChI is InChI=1S/C19H22N4O2/c1-4-13-17(12(3)24)11(2)21-18(13)19(25)20-10-9-16-22-14-7-5-6-8-15(14)23-16/h5-8,21H,4,9-10H2,1-3H3,(H,20,25)(H,22,23). The van der Waals surface area contributed by atoms with Crippen LogP contribution in [0, 0.1) is 6.92 Å². The number of carbonyl (C=O) groups excluding carboxylic acids is 2. The number of ketones is 1. The number of hydrogen-bond donors (Lipinski definition) is 3. The van der Waals surface area contributed by atoms with Gasteiger partial charge in [-0.05, 0) is 38.0 Å². The molecule has 0 bridgehead atoms. The van der Waals surface area contributed by atoms with E-state index in [2.05, 4.69) is 20.3 Å². The van der Waals surface area contributed by atoms with E-state index in [0.717, 1.165) is 28.1 Å². The molecular weight excluding hydrogens is 316 g/mol. The summed E-state index contributed by atoms with van der Waals surface area (Å²) in [5.74, 6) is 0.625. The number of nitrogens with one attached hydrogen (secondary N) is 3. The summed E-state index contributed by atoms with van der Waals surface area (Å²) in [6.07, 6.45) is 1.24. The summed E-state index contributed by atoms with van der Waals surface area (Å²) in [4.78, 5) is 35.1. The van der Waals surface area contributed by atoms with E-state index in [-0.39, 0.29) is 11.7 Å². The highest BCUT2D eigenvalue weighted by molar-refractivity contribution is 6.02. The second kappa shape index (κ2) is 6.93. The Labute approximate surface area is 146 Å². The number of benzene rings is 1. The lowest BCUT2D eigenvalue weighted by Gasteiger charge is -2.05. The third-order valence-corrected chi connectivity index (χ3v) is 4.31. The van der Waals surface area contributed by atoms with Crippen LogP contribution in [0.4, 0.5) is 0 Å². The number of nitrogens with zero attached hydrogens (tertiary/aromatic N) is 1. The SMILES string of the molecule is CCc1c(C(=O)NCCc2nc3ccccc3[nH]2)[nH]c(C)c1C(C)=O. The van der Waals surface area contributed by atoms with Gasteiger partial charge in [0.1, 0.15) is 11.5 Å². The number of para-hydroxylation sites is 2. The molecule has 6 heteroatoms. The molecule has 2 aromatic heterocycles. The van der Waals surface area contributed by atoms with E-state index in [0.29, 0.717) is 30.6 Å². The first-order valence-corrected chi connectivity index (χ1v) is 8.45. The summed E-state index contributed by atoms with van der Waals surface area (Å²) in [5, 5.41) is 2.90. The normalized spacial score (nSPS) is 11.0. The lowest BCUT2D eigenvalue weighted by molar-refractivity contribution is 0.0948. The molecule has 0 unspecified atom stereocenters. The summed E-state index contributed by atoms with van der Waals surface area (Å²) in [5.41, 5.74) is 4.55. The smallest absolute Gasteiger partial charge is 0.268 e. The quantitative estimate of drug-likeness (QED) is 0.604. The fraction of sp³-hybridized carbons (Fsp3) is 0.316. The van der Waals surface area contributed by atoms with Crippen molar-refractivity contribution < 1.29 is 9.59 Å². The van der Waals surface area contributed by atoms with Crippen LogP contribution in [0.5, 0.6) is 0 Å². The largest absolute Gasteiger partial charge is 0.354 e. The first kappa shape index (κ1) is 17.0. The minimum absolute atomic E-state index is 0.0214. The van der Waals surface area contributed by atoms with Gasteiger partial charge < -0.3 is 15.3 Å². The second-order valence-electron chi connectivity index (χ2n) is 6.09. The molecule has 0 radical (unpaired) electrons. The molecule has 6 nitrogen and oxygen atoms in total. The van der Waals surface area contributed by atoms with Crippen LogP contribution >= 0.6 is 0 Å². The Morgan fingerprint density at radius 3 is 2.64 bits per heavy atom. The van der Waals surface area contributed by atoms with Crippen molar-refractivity contribution >= 4 is 22.7 Å². The van der Waals surface area contributed by atoms with Gasteiger partial charge in [0.25, 0.3) is 5.91 Å². The number of carbonyl (C=O) groups is 2. The van der Waals surface area contributed by atoms with Gasteiger partial charge in [0.2, 0.25) is 0 Å². The monoisotopic (exact) mass is 338 g/mol.